The number of carbonyl (C=O) groups is 1. The molecule has 0 saturated heterocycles. The molecule has 2 nitrogen and oxygen atoms in total. The van der Waals surface area contributed by atoms with E-state index >= 15 is 0 Å². The number of rotatable bonds is 2. The van der Waals surface area contributed by atoms with E-state index in [9.17, 15) is 9.18 Å². The number of hydrogen-bond acceptors (Lipinski definition) is 1. The van der Waals surface area contributed by atoms with Crippen molar-refractivity contribution in [3.05, 3.63) is 58.4 Å². The molecule has 0 fully saturated rings. The zero-order valence-electron chi connectivity index (χ0n) is 11.4. The van der Waals surface area contributed by atoms with Crippen molar-refractivity contribution < 1.29 is 14.3 Å². The molecule has 0 spiro atoms. The van der Waals surface area contributed by atoms with E-state index in [0.29, 0.717) is 5.56 Å². The molecular weight excluding hydrogens is 255 g/mol. The lowest BCUT2D eigenvalue weighted by molar-refractivity contribution is -0.137. The van der Waals surface area contributed by atoms with Gasteiger partial charge in [0.25, 0.3) is 0 Å². The van der Waals surface area contributed by atoms with Gasteiger partial charge in [0, 0.05) is 11.5 Å². The monoisotopic (exact) mass is 270 g/mol. The number of benzene rings is 2. The number of aliphatic carboxylic acids is 1. The van der Waals surface area contributed by atoms with Crippen LogP contribution in [0.5, 0.6) is 0 Å². The summed E-state index contributed by atoms with van der Waals surface area (Å²) in [6.45, 7) is 3.93. The molecule has 2 aromatic carbocycles. The quantitative estimate of drug-likeness (QED) is 0.894. The molecule has 3 heteroatoms. The zero-order valence-corrected chi connectivity index (χ0v) is 11.4. The molecule has 0 amide bonds. The molecule has 0 aliphatic heterocycles. The van der Waals surface area contributed by atoms with Crippen molar-refractivity contribution >= 4 is 5.97 Å². The highest BCUT2D eigenvalue weighted by molar-refractivity contribution is 5.83. The molecule has 20 heavy (non-hydrogen) atoms. The topological polar surface area (TPSA) is 37.3 Å². The molecule has 1 unspecified atom stereocenters. The second kappa shape index (κ2) is 4.44. The van der Waals surface area contributed by atoms with Crippen LogP contribution < -0.4 is 0 Å². The third kappa shape index (κ3) is 1.82. The first-order chi connectivity index (χ1) is 9.49. The summed E-state index contributed by atoms with van der Waals surface area (Å²) in [4.78, 5) is 11.1. The van der Waals surface area contributed by atoms with Gasteiger partial charge in [-0.15, -0.1) is 0 Å². The van der Waals surface area contributed by atoms with Crippen molar-refractivity contribution in [2.45, 2.75) is 26.2 Å². The minimum Gasteiger partial charge on any atom is -0.481 e. The number of halogens is 1. The summed E-state index contributed by atoms with van der Waals surface area (Å²) in [5.74, 6) is -1.39. The molecule has 2 aromatic rings. The van der Waals surface area contributed by atoms with E-state index in [4.69, 9.17) is 5.11 Å². The van der Waals surface area contributed by atoms with Crippen LogP contribution in [0.2, 0.25) is 0 Å². The summed E-state index contributed by atoms with van der Waals surface area (Å²) in [6, 6.07) is 8.89. The summed E-state index contributed by atoms with van der Waals surface area (Å²) >= 11 is 0. The van der Waals surface area contributed by atoms with Crippen LogP contribution in [-0.4, -0.2) is 11.1 Å². The average Bonchev–Trinajstić information content (AvgIpc) is 2.64. The van der Waals surface area contributed by atoms with E-state index in [-0.39, 0.29) is 18.2 Å². The third-order valence-electron chi connectivity index (χ3n) is 3.95. The number of carboxylic acids is 1. The first kappa shape index (κ1) is 12.9. The highest BCUT2D eigenvalue weighted by atomic mass is 19.1. The second-order valence-electron chi connectivity index (χ2n) is 5.40. The van der Waals surface area contributed by atoms with E-state index in [1.807, 2.05) is 32.0 Å². The Bertz CT molecular complexity index is 719. The van der Waals surface area contributed by atoms with Gasteiger partial charge in [-0.3, -0.25) is 4.79 Å². The maximum absolute atomic E-state index is 14.2. The molecule has 0 saturated carbocycles. The van der Waals surface area contributed by atoms with Crippen molar-refractivity contribution in [3.63, 3.8) is 0 Å². The molecule has 0 heterocycles. The van der Waals surface area contributed by atoms with Crippen LogP contribution in [0.25, 0.3) is 11.1 Å². The van der Waals surface area contributed by atoms with Gasteiger partial charge < -0.3 is 5.11 Å². The van der Waals surface area contributed by atoms with Crippen LogP contribution in [0, 0.1) is 19.7 Å². The Morgan fingerprint density at radius 1 is 1.30 bits per heavy atom. The SMILES string of the molecule is Cc1cc(C)c2c(c1)-c1c(F)cccc1C2CC(=O)O. The Hall–Kier alpha value is -2.16. The Kier molecular flexibility index (Phi) is 2.85. The van der Waals surface area contributed by atoms with Gasteiger partial charge in [-0.2, -0.15) is 0 Å². The highest BCUT2D eigenvalue weighted by Crippen LogP contribution is 2.49. The van der Waals surface area contributed by atoms with Crippen LogP contribution in [0.3, 0.4) is 0 Å². The van der Waals surface area contributed by atoms with E-state index in [1.165, 1.54) is 6.07 Å². The molecule has 0 bridgehead atoms. The fourth-order valence-electron chi connectivity index (χ4n) is 3.31. The fourth-order valence-corrected chi connectivity index (χ4v) is 3.31. The van der Waals surface area contributed by atoms with Gasteiger partial charge in [-0.1, -0.05) is 29.8 Å². The maximum Gasteiger partial charge on any atom is 0.304 e. The lowest BCUT2D eigenvalue weighted by Crippen LogP contribution is -2.06. The van der Waals surface area contributed by atoms with Gasteiger partial charge in [0.15, 0.2) is 0 Å². The van der Waals surface area contributed by atoms with E-state index in [2.05, 4.69) is 0 Å². The standard InChI is InChI=1S/C17H15FO2/c1-9-6-10(2)16-12(8-15(19)20)11-4-3-5-14(18)17(11)13(16)7-9/h3-7,12H,8H2,1-2H3,(H,19,20). The molecule has 0 aromatic heterocycles. The predicted octanol–water partition coefficient (Wildman–Crippen LogP) is 4.03. The number of fused-ring (bicyclic) bond motifs is 3. The maximum atomic E-state index is 14.2. The second-order valence-corrected chi connectivity index (χ2v) is 5.40. The largest absolute Gasteiger partial charge is 0.481 e. The Balaban J connectivity index is 2.32. The van der Waals surface area contributed by atoms with Crippen LogP contribution in [-0.2, 0) is 4.79 Å². The summed E-state index contributed by atoms with van der Waals surface area (Å²) < 4.78 is 14.2. The molecule has 1 aliphatic rings. The summed E-state index contributed by atoms with van der Waals surface area (Å²) in [7, 11) is 0. The lowest BCUT2D eigenvalue weighted by atomic mass is 9.90. The fraction of sp³-hybridized carbons (Fsp3) is 0.235. The van der Waals surface area contributed by atoms with Gasteiger partial charge in [0.05, 0.1) is 6.42 Å². The van der Waals surface area contributed by atoms with Crippen LogP contribution >= 0.6 is 0 Å². The van der Waals surface area contributed by atoms with Crippen LogP contribution in [0.1, 0.15) is 34.6 Å². The van der Waals surface area contributed by atoms with Gasteiger partial charge in [0.1, 0.15) is 5.82 Å². The summed E-state index contributed by atoms with van der Waals surface area (Å²) in [5.41, 5.74) is 5.25. The van der Waals surface area contributed by atoms with Gasteiger partial charge in [-0.05, 0) is 42.2 Å². The van der Waals surface area contributed by atoms with Crippen molar-refractivity contribution in [2.24, 2.45) is 0 Å². The van der Waals surface area contributed by atoms with Gasteiger partial charge in [-0.25, -0.2) is 4.39 Å². The summed E-state index contributed by atoms with van der Waals surface area (Å²) in [6.07, 6.45) is -0.00659. The first-order valence-corrected chi connectivity index (χ1v) is 6.60. The average molecular weight is 270 g/mol. The molecule has 0 radical (unpaired) electrons. The van der Waals surface area contributed by atoms with Crippen molar-refractivity contribution in [1.82, 2.24) is 0 Å². The highest BCUT2D eigenvalue weighted by Gasteiger charge is 2.33. The Morgan fingerprint density at radius 3 is 2.75 bits per heavy atom. The smallest absolute Gasteiger partial charge is 0.304 e. The molecule has 102 valence electrons. The third-order valence-corrected chi connectivity index (χ3v) is 3.95. The van der Waals surface area contributed by atoms with Gasteiger partial charge in [0.2, 0.25) is 0 Å². The minimum atomic E-state index is -0.863. The molecular formula is C17H15FO2. The molecule has 1 atom stereocenters. The zero-order chi connectivity index (χ0) is 14.4. The van der Waals surface area contributed by atoms with Crippen LogP contribution in [0.4, 0.5) is 4.39 Å². The molecule has 1 N–H and O–H groups in total. The number of hydrogen-bond donors (Lipinski definition) is 1. The number of carboxylic acid groups (broad SMARTS) is 1. The normalized spacial score (nSPS) is 15.8. The van der Waals surface area contributed by atoms with E-state index in [0.717, 1.165) is 27.8 Å². The Labute approximate surface area is 116 Å². The Morgan fingerprint density at radius 2 is 2.05 bits per heavy atom. The van der Waals surface area contributed by atoms with Crippen molar-refractivity contribution in [3.8, 4) is 11.1 Å². The first-order valence-electron chi connectivity index (χ1n) is 6.60. The van der Waals surface area contributed by atoms with E-state index in [1.54, 1.807) is 6.07 Å². The summed E-state index contributed by atoms with van der Waals surface area (Å²) in [5, 5.41) is 9.15. The van der Waals surface area contributed by atoms with Crippen molar-refractivity contribution in [1.29, 1.82) is 0 Å². The number of aryl methyl sites for hydroxylation is 2. The molecule has 1 aliphatic carbocycles. The van der Waals surface area contributed by atoms with E-state index < -0.39 is 5.97 Å². The predicted molar refractivity (Wildman–Crippen MR) is 75.4 cm³/mol. The van der Waals surface area contributed by atoms with Crippen LogP contribution in [0.15, 0.2) is 30.3 Å². The lowest BCUT2D eigenvalue weighted by Gasteiger charge is -2.13. The molecule has 3 rings (SSSR count). The minimum absolute atomic E-state index is 0.00659. The van der Waals surface area contributed by atoms with Gasteiger partial charge >= 0.3 is 5.97 Å². The van der Waals surface area contributed by atoms with Crippen molar-refractivity contribution in [2.75, 3.05) is 0 Å².